The molecule has 14 heavy (non-hydrogen) atoms. The zero-order valence-corrected chi connectivity index (χ0v) is 9.03. The van der Waals surface area contributed by atoms with Crippen molar-refractivity contribution in [1.29, 1.82) is 0 Å². The number of nitrogens with zero attached hydrogens (tertiary/aromatic N) is 1. The lowest BCUT2D eigenvalue weighted by atomic mass is 10.2. The predicted octanol–water partition coefficient (Wildman–Crippen LogP) is 2.28. The van der Waals surface area contributed by atoms with Crippen LogP contribution in [0.25, 0.3) is 0 Å². The first-order valence-corrected chi connectivity index (χ1v) is 5.01. The van der Waals surface area contributed by atoms with Gasteiger partial charge < -0.3 is 10.5 Å². The van der Waals surface area contributed by atoms with Gasteiger partial charge in [0.05, 0.1) is 6.10 Å². The molecule has 0 bridgehead atoms. The average molecular weight is 194 g/mol. The summed E-state index contributed by atoms with van der Waals surface area (Å²) in [6.45, 7) is 6.05. The van der Waals surface area contributed by atoms with E-state index in [1.54, 1.807) is 6.20 Å². The number of pyridine rings is 1. The number of ether oxygens (including phenoxy) is 1. The third kappa shape index (κ3) is 3.00. The van der Waals surface area contributed by atoms with Crippen molar-refractivity contribution < 1.29 is 4.74 Å². The molecule has 2 atom stereocenters. The normalized spacial score (nSPS) is 14.9. The third-order valence-electron chi connectivity index (χ3n) is 2.18. The highest BCUT2D eigenvalue weighted by molar-refractivity contribution is 5.20. The van der Waals surface area contributed by atoms with Crippen LogP contribution in [0.3, 0.4) is 0 Å². The van der Waals surface area contributed by atoms with Gasteiger partial charge in [0.2, 0.25) is 5.88 Å². The summed E-state index contributed by atoms with van der Waals surface area (Å²) in [5, 5.41) is 0. The second-order valence-electron chi connectivity index (χ2n) is 3.56. The molecule has 0 aliphatic rings. The summed E-state index contributed by atoms with van der Waals surface area (Å²) in [5.41, 5.74) is 6.74. The van der Waals surface area contributed by atoms with Crippen LogP contribution in [0.1, 0.15) is 38.8 Å². The highest BCUT2D eigenvalue weighted by atomic mass is 16.5. The van der Waals surface area contributed by atoms with Gasteiger partial charge in [0.1, 0.15) is 0 Å². The molecule has 3 heteroatoms. The molecule has 0 aromatic carbocycles. The molecular weight excluding hydrogens is 176 g/mol. The van der Waals surface area contributed by atoms with E-state index in [1.165, 1.54) is 0 Å². The molecule has 0 spiro atoms. The maximum Gasteiger partial charge on any atom is 0.213 e. The summed E-state index contributed by atoms with van der Waals surface area (Å²) >= 11 is 0. The van der Waals surface area contributed by atoms with Crippen molar-refractivity contribution in [2.24, 2.45) is 5.73 Å². The average Bonchev–Trinajstić information content (AvgIpc) is 2.18. The van der Waals surface area contributed by atoms with Gasteiger partial charge in [-0.1, -0.05) is 13.0 Å². The van der Waals surface area contributed by atoms with Crippen LogP contribution in [0.4, 0.5) is 0 Å². The Morgan fingerprint density at radius 2 is 2.14 bits per heavy atom. The maximum absolute atomic E-state index is 5.71. The predicted molar refractivity (Wildman–Crippen MR) is 57.2 cm³/mol. The van der Waals surface area contributed by atoms with Crippen molar-refractivity contribution in [1.82, 2.24) is 4.98 Å². The fourth-order valence-corrected chi connectivity index (χ4v) is 1.02. The molecule has 2 N–H and O–H groups in total. The van der Waals surface area contributed by atoms with Crippen molar-refractivity contribution in [2.45, 2.75) is 39.3 Å². The summed E-state index contributed by atoms with van der Waals surface area (Å²) in [6.07, 6.45) is 2.96. The van der Waals surface area contributed by atoms with E-state index < -0.39 is 0 Å². The van der Waals surface area contributed by atoms with Crippen molar-refractivity contribution in [3.63, 3.8) is 0 Å². The van der Waals surface area contributed by atoms with Crippen LogP contribution in [0.15, 0.2) is 18.3 Å². The van der Waals surface area contributed by atoms with Gasteiger partial charge in [0.15, 0.2) is 0 Å². The van der Waals surface area contributed by atoms with Gasteiger partial charge in [-0.3, -0.25) is 0 Å². The second-order valence-corrected chi connectivity index (χ2v) is 3.56. The minimum absolute atomic E-state index is 0.0279. The smallest absolute Gasteiger partial charge is 0.213 e. The van der Waals surface area contributed by atoms with Gasteiger partial charge in [-0.05, 0) is 25.8 Å². The van der Waals surface area contributed by atoms with Crippen molar-refractivity contribution in [3.05, 3.63) is 23.9 Å². The van der Waals surface area contributed by atoms with E-state index >= 15 is 0 Å². The van der Waals surface area contributed by atoms with Crippen LogP contribution in [-0.4, -0.2) is 11.1 Å². The number of nitrogens with two attached hydrogens (primary N) is 1. The number of hydrogen-bond acceptors (Lipinski definition) is 3. The van der Waals surface area contributed by atoms with Crippen molar-refractivity contribution in [3.8, 4) is 5.88 Å². The topological polar surface area (TPSA) is 48.1 Å². The number of hydrogen-bond donors (Lipinski definition) is 1. The Labute approximate surface area is 85.3 Å². The largest absolute Gasteiger partial charge is 0.475 e. The van der Waals surface area contributed by atoms with Crippen LogP contribution in [0, 0.1) is 0 Å². The minimum atomic E-state index is 0.0279. The Kier molecular flexibility index (Phi) is 3.89. The zero-order valence-electron chi connectivity index (χ0n) is 9.03. The molecule has 0 saturated heterocycles. The van der Waals surface area contributed by atoms with E-state index in [0.29, 0.717) is 5.88 Å². The highest BCUT2D eigenvalue weighted by Crippen LogP contribution is 2.14. The summed E-state index contributed by atoms with van der Waals surface area (Å²) in [5.74, 6) is 0.670. The van der Waals surface area contributed by atoms with E-state index in [9.17, 15) is 0 Å². The van der Waals surface area contributed by atoms with E-state index in [1.807, 2.05) is 26.0 Å². The SMILES string of the molecule is CCC(C)Oc1ccc([C@@H](C)N)cn1. The lowest BCUT2D eigenvalue weighted by Gasteiger charge is -2.12. The Morgan fingerprint density at radius 1 is 1.43 bits per heavy atom. The lowest BCUT2D eigenvalue weighted by molar-refractivity contribution is 0.208. The van der Waals surface area contributed by atoms with Gasteiger partial charge in [0.25, 0.3) is 0 Å². The molecule has 0 amide bonds. The van der Waals surface area contributed by atoms with E-state index in [0.717, 1.165) is 12.0 Å². The molecule has 1 heterocycles. The highest BCUT2D eigenvalue weighted by Gasteiger charge is 2.03. The standard InChI is InChI=1S/C11H18N2O/c1-4-8(2)14-11-6-5-10(7-13-11)9(3)12/h5-9H,4,12H2,1-3H3/t8?,9-/m1/s1. The zero-order chi connectivity index (χ0) is 10.6. The lowest BCUT2D eigenvalue weighted by Crippen LogP contribution is -2.11. The van der Waals surface area contributed by atoms with Crippen LogP contribution in [0.5, 0.6) is 5.88 Å². The van der Waals surface area contributed by atoms with Gasteiger partial charge in [-0.15, -0.1) is 0 Å². The third-order valence-corrected chi connectivity index (χ3v) is 2.18. The second kappa shape index (κ2) is 4.96. The maximum atomic E-state index is 5.71. The Bertz CT molecular complexity index is 269. The molecule has 78 valence electrons. The molecular formula is C11H18N2O. The molecule has 0 radical (unpaired) electrons. The van der Waals surface area contributed by atoms with Gasteiger partial charge in [-0.25, -0.2) is 4.98 Å². The summed E-state index contributed by atoms with van der Waals surface area (Å²) in [6, 6.07) is 3.85. The Morgan fingerprint density at radius 3 is 2.57 bits per heavy atom. The van der Waals surface area contributed by atoms with Crippen LogP contribution in [-0.2, 0) is 0 Å². The van der Waals surface area contributed by atoms with Crippen molar-refractivity contribution >= 4 is 0 Å². The van der Waals surface area contributed by atoms with Gasteiger partial charge in [0, 0.05) is 18.3 Å². The molecule has 0 saturated carbocycles. The quantitative estimate of drug-likeness (QED) is 0.800. The van der Waals surface area contributed by atoms with Gasteiger partial charge >= 0.3 is 0 Å². The van der Waals surface area contributed by atoms with Gasteiger partial charge in [-0.2, -0.15) is 0 Å². The molecule has 1 aromatic heterocycles. The molecule has 0 aliphatic carbocycles. The first kappa shape index (κ1) is 11.0. The Balaban J connectivity index is 2.64. The molecule has 3 nitrogen and oxygen atoms in total. The molecule has 1 unspecified atom stereocenters. The molecule has 1 rings (SSSR count). The van der Waals surface area contributed by atoms with E-state index in [-0.39, 0.29) is 12.1 Å². The van der Waals surface area contributed by atoms with E-state index in [4.69, 9.17) is 10.5 Å². The summed E-state index contributed by atoms with van der Waals surface area (Å²) in [7, 11) is 0. The number of rotatable bonds is 4. The minimum Gasteiger partial charge on any atom is -0.475 e. The monoisotopic (exact) mass is 194 g/mol. The van der Waals surface area contributed by atoms with Crippen LogP contribution >= 0.6 is 0 Å². The molecule has 0 aliphatic heterocycles. The Hall–Kier alpha value is -1.09. The summed E-state index contributed by atoms with van der Waals surface area (Å²) < 4.78 is 5.55. The fraction of sp³-hybridized carbons (Fsp3) is 0.545. The van der Waals surface area contributed by atoms with E-state index in [2.05, 4.69) is 11.9 Å². The van der Waals surface area contributed by atoms with Crippen molar-refractivity contribution in [2.75, 3.05) is 0 Å². The molecule has 0 fully saturated rings. The number of aromatic nitrogens is 1. The van der Waals surface area contributed by atoms with Crippen LogP contribution < -0.4 is 10.5 Å². The molecule has 1 aromatic rings. The van der Waals surface area contributed by atoms with Crippen LogP contribution in [0.2, 0.25) is 0 Å². The first-order valence-electron chi connectivity index (χ1n) is 5.01. The fourth-order valence-electron chi connectivity index (χ4n) is 1.02. The first-order chi connectivity index (χ1) is 6.63. The summed E-state index contributed by atoms with van der Waals surface area (Å²) in [4.78, 5) is 4.19.